The van der Waals surface area contributed by atoms with Crippen LogP contribution in [0.4, 0.5) is 15.8 Å². The van der Waals surface area contributed by atoms with Crippen molar-refractivity contribution in [2.45, 2.75) is 6.92 Å². The van der Waals surface area contributed by atoms with Gasteiger partial charge in [-0.25, -0.2) is 4.39 Å². The van der Waals surface area contributed by atoms with Gasteiger partial charge in [-0.05, 0) is 36.8 Å². The van der Waals surface area contributed by atoms with E-state index in [2.05, 4.69) is 16.7 Å². The lowest BCUT2D eigenvalue weighted by Gasteiger charge is -2.12. The molecule has 2 aromatic rings. The van der Waals surface area contributed by atoms with Crippen molar-refractivity contribution >= 4 is 34.6 Å². The molecule has 0 amide bonds. The lowest BCUT2D eigenvalue weighted by Crippen LogP contribution is -2.03. The summed E-state index contributed by atoms with van der Waals surface area (Å²) < 4.78 is 12.2. The lowest BCUT2D eigenvalue weighted by molar-refractivity contribution is 0.513. The zero-order chi connectivity index (χ0) is 15.2. The standard InChI is InChI=1S/C16H16Cl2FN2/c1-2-20-15-5-3-4-12(16(15)18)11-6-7-14(13(17)10-11)21-9-8-19/h3,5-7,10,20-21H,2,8-9H2,1H3. The highest BCUT2D eigenvalue weighted by Gasteiger charge is 2.10. The van der Waals surface area contributed by atoms with Crippen molar-refractivity contribution in [1.82, 2.24) is 0 Å². The maximum absolute atomic E-state index is 12.2. The number of nitrogens with one attached hydrogen (secondary N) is 2. The summed E-state index contributed by atoms with van der Waals surface area (Å²) in [6.07, 6.45) is 0. The van der Waals surface area contributed by atoms with Crippen LogP contribution >= 0.6 is 23.2 Å². The topological polar surface area (TPSA) is 24.1 Å². The quantitative estimate of drug-likeness (QED) is 0.755. The van der Waals surface area contributed by atoms with Crippen molar-refractivity contribution < 1.29 is 4.39 Å². The normalized spacial score (nSPS) is 10.5. The van der Waals surface area contributed by atoms with Crippen molar-refractivity contribution in [1.29, 1.82) is 0 Å². The Kier molecular flexibility index (Phi) is 5.71. The Morgan fingerprint density at radius 1 is 1.14 bits per heavy atom. The molecule has 2 N–H and O–H groups in total. The van der Waals surface area contributed by atoms with Gasteiger partial charge in [0, 0.05) is 18.7 Å². The van der Waals surface area contributed by atoms with E-state index in [9.17, 15) is 4.39 Å². The molecule has 0 atom stereocenters. The van der Waals surface area contributed by atoms with E-state index in [0.717, 1.165) is 23.4 Å². The Hall–Kier alpha value is -1.45. The zero-order valence-corrected chi connectivity index (χ0v) is 13.2. The molecule has 0 aromatic heterocycles. The molecule has 0 saturated carbocycles. The Balaban J connectivity index is 2.34. The minimum Gasteiger partial charge on any atom is -0.384 e. The summed E-state index contributed by atoms with van der Waals surface area (Å²) in [7, 11) is 0. The van der Waals surface area contributed by atoms with E-state index in [1.165, 1.54) is 0 Å². The largest absolute Gasteiger partial charge is 0.384 e. The van der Waals surface area contributed by atoms with E-state index < -0.39 is 6.67 Å². The predicted molar refractivity (Wildman–Crippen MR) is 89.4 cm³/mol. The van der Waals surface area contributed by atoms with Crippen molar-refractivity contribution in [2.75, 3.05) is 30.4 Å². The fourth-order valence-corrected chi connectivity index (χ4v) is 2.55. The molecule has 2 aromatic carbocycles. The molecule has 111 valence electrons. The van der Waals surface area contributed by atoms with Gasteiger partial charge < -0.3 is 10.6 Å². The van der Waals surface area contributed by atoms with Gasteiger partial charge in [0.25, 0.3) is 0 Å². The highest BCUT2D eigenvalue weighted by molar-refractivity contribution is 6.36. The van der Waals surface area contributed by atoms with Gasteiger partial charge in [0.15, 0.2) is 0 Å². The van der Waals surface area contributed by atoms with Crippen LogP contribution < -0.4 is 10.6 Å². The highest BCUT2D eigenvalue weighted by Crippen LogP contribution is 2.36. The molecular formula is C16H16Cl2FN2. The fraction of sp³-hybridized carbons (Fsp3) is 0.250. The lowest BCUT2D eigenvalue weighted by atomic mass is 10.0. The molecule has 0 spiro atoms. The van der Waals surface area contributed by atoms with Gasteiger partial charge >= 0.3 is 0 Å². The van der Waals surface area contributed by atoms with Gasteiger partial charge in [-0.2, -0.15) is 0 Å². The van der Waals surface area contributed by atoms with Crippen LogP contribution in [0.5, 0.6) is 0 Å². The molecule has 0 saturated heterocycles. The van der Waals surface area contributed by atoms with Gasteiger partial charge in [-0.1, -0.05) is 35.3 Å². The van der Waals surface area contributed by atoms with E-state index >= 15 is 0 Å². The van der Waals surface area contributed by atoms with Crippen molar-refractivity contribution in [3.05, 3.63) is 46.4 Å². The van der Waals surface area contributed by atoms with Crippen LogP contribution in [0.25, 0.3) is 11.1 Å². The molecule has 0 fully saturated rings. The van der Waals surface area contributed by atoms with Crippen LogP contribution in [0.15, 0.2) is 30.3 Å². The first-order chi connectivity index (χ1) is 10.2. The maximum atomic E-state index is 12.2. The molecule has 5 heteroatoms. The first kappa shape index (κ1) is 15.9. The first-order valence-corrected chi connectivity index (χ1v) is 7.46. The molecule has 21 heavy (non-hydrogen) atoms. The molecule has 0 aliphatic rings. The van der Waals surface area contributed by atoms with Crippen molar-refractivity contribution in [2.24, 2.45) is 0 Å². The number of rotatable bonds is 6. The molecule has 0 unspecified atom stereocenters. The van der Waals surface area contributed by atoms with Crippen molar-refractivity contribution in [3.8, 4) is 11.1 Å². The smallest absolute Gasteiger partial charge is 0.107 e. The molecule has 0 bridgehead atoms. The van der Waals surface area contributed by atoms with Crippen molar-refractivity contribution in [3.63, 3.8) is 0 Å². The molecule has 2 rings (SSSR count). The number of hydrogen-bond donors (Lipinski definition) is 2. The summed E-state index contributed by atoms with van der Waals surface area (Å²) >= 11 is 12.6. The summed E-state index contributed by atoms with van der Waals surface area (Å²) in [4.78, 5) is 0. The van der Waals surface area contributed by atoms with Crippen LogP contribution in [0.1, 0.15) is 6.92 Å². The number of anilines is 2. The average Bonchev–Trinajstić information content (AvgIpc) is 2.48. The first-order valence-electron chi connectivity index (χ1n) is 6.71. The second kappa shape index (κ2) is 7.53. The molecule has 0 aliphatic carbocycles. The summed E-state index contributed by atoms with van der Waals surface area (Å²) in [6.45, 7) is 2.59. The third kappa shape index (κ3) is 3.80. The summed E-state index contributed by atoms with van der Waals surface area (Å²) in [5.41, 5.74) is 3.23. The Bertz CT molecular complexity index is 617. The van der Waals surface area contributed by atoms with Gasteiger partial charge in [0.1, 0.15) is 6.67 Å². The Morgan fingerprint density at radius 3 is 2.62 bits per heavy atom. The van der Waals surface area contributed by atoms with E-state index in [-0.39, 0.29) is 6.54 Å². The second-order valence-corrected chi connectivity index (χ2v) is 5.21. The molecule has 0 heterocycles. The van der Waals surface area contributed by atoms with Crippen LogP contribution in [0, 0.1) is 6.07 Å². The van der Waals surface area contributed by atoms with E-state index in [0.29, 0.717) is 15.7 Å². The minimum atomic E-state index is -0.442. The highest BCUT2D eigenvalue weighted by atomic mass is 35.5. The van der Waals surface area contributed by atoms with Gasteiger partial charge in [-0.15, -0.1) is 0 Å². The predicted octanol–water partition coefficient (Wildman–Crippen LogP) is 5.27. The summed E-state index contributed by atoms with van der Waals surface area (Å²) in [5, 5.41) is 7.26. The van der Waals surface area contributed by atoms with Gasteiger partial charge in [-0.3, -0.25) is 0 Å². The minimum absolute atomic E-state index is 0.238. The Morgan fingerprint density at radius 2 is 1.95 bits per heavy atom. The molecule has 1 radical (unpaired) electrons. The number of hydrogen-bond acceptors (Lipinski definition) is 2. The monoisotopic (exact) mass is 325 g/mol. The Labute approximate surface area is 134 Å². The molecule has 2 nitrogen and oxygen atoms in total. The van der Waals surface area contributed by atoms with E-state index in [4.69, 9.17) is 23.2 Å². The summed E-state index contributed by atoms with van der Waals surface area (Å²) in [6, 6.07) is 12.3. The third-order valence-electron chi connectivity index (χ3n) is 2.97. The van der Waals surface area contributed by atoms with Crippen LogP contribution in [0.3, 0.4) is 0 Å². The second-order valence-electron chi connectivity index (χ2n) is 4.42. The van der Waals surface area contributed by atoms with Crippen LogP contribution in [0.2, 0.25) is 10.0 Å². The van der Waals surface area contributed by atoms with E-state index in [1.54, 1.807) is 6.07 Å². The summed E-state index contributed by atoms with van der Waals surface area (Å²) in [5.74, 6) is 0. The number of halogens is 3. The van der Waals surface area contributed by atoms with Crippen LogP contribution in [-0.2, 0) is 0 Å². The van der Waals surface area contributed by atoms with Gasteiger partial charge in [0.05, 0.1) is 21.4 Å². The molecular weight excluding hydrogens is 310 g/mol. The molecule has 0 aliphatic heterocycles. The zero-order valence-electron chi connectivity index (χ0n) is 11.6. The van der Waals surface area contributed by atoms with E-state index in [1.807, 2.05) is 31.2 Å². The van der Waals surface area contributed by atoms with Crippen LogP contribution in [-0.4, -0.2) is 19.8 Å². The fourth-order valence-electron chi connectivity index (χ4n) is 2.01. The SMILES string of the molecule is CCNc1cc[c]c(-c2ccc(NCCF)c(Cl)c2)c1Cl. The van der Waals surface area contributed by atoms with Gasteiger partial charge in [0.2, 0.25) is 0 Å². The number of alkyl halides is 1. The maximum Gasteiger partial charge on any atom is 0.107 e. The number of benzene rings is 2. The third-order valence-corrected chi connectivity index (χ3v) is 3.67. The average molecular weight is 326 g/mol.